The van der Waals surface area contributed by atoms with Crippen LogP contribution in [0.5, 0.6) is 0 Å². The van der Waals surface area contributed by atoms with Gasteiger partial charge in [0.1, 0.15) is 11.5 Å². The van der Waals surface area contributed by atoms with E-state index < -0.39 is 0 Å². The van der Waals surface area contributed by atoms with E-state index in [0.717, 1.165) is 43.7 Å². The number of pyridine rings is 2. The smallest absolute Gasteiger partial charge is 0.142 e. The van der Waals surface area contributed by atoms with E-state index in [9.17, 15) is 0 Å². The van der Waals surface area contributed by atoms with Gasteiger partial charge in [-0.2, -0.15) is 0 Å². The summed E-state index contributed by atoms with van der Waals surface area (Å²) < 4.78 is 2.40. The Hall–Kier alpha value is -2.36. The van der Waals surface area contributed by atoms with Crippen LogP contribution in [0.2, 0.25) is 0 Å². The van der Waals surface area contributed by atoms with Gasteiger partial charge in [0.15, 0.2) is 0 Å². The fourth-order valence-corrected chi connectivity index (χ4v) is 5.62. The van der Waals surface area contributed by atoms with E-state index in [1.165, 1.54) is 74.5 Å². The molecule has 4 heteroatoms. The van der Waals surface area contributed by atoms with Crippen LogP contribution in [0.1, 0.15) is 63.5 Å². The summed E-state index contributed by atoms with van der Waals surface area (Å²) in [5.74, 6) is 2.79. The normalized spacial score (nSPS) is 20.8. The summed E-state index contributed by atoms with van der Waals surface area (Å²) in [6.45, 7) is 3.32. The Morgan fingerprint density at radius 1 is 0.839 bits per heavy atom. The molecule has 1 aliphatic heterocycles. The lowest BCUT2D eigenvalue weighted by Crippen LogP contribution is -2.25. The topological polar surface area (TPSA) is 34.0 Å². The molecule has 2 aliphatic rings. The summed E-state index contributed by atoms with van der Waals surface area (Å²) in [6, 6.07) is 13.0. The van der Waals surface area contributed by atoms with Gasteiger partial charge in [-0.25, -0.2) is 4.98 Å². The maximum absolute atomic E-state index is 5.15. The monoisotopic (exact) mass is 416 g/mol. The van der Waals surface area contributed by atoms with Gasteiger partial charge in [0, 0.05) is 43.1 Å². The second-order valence-corrected chi connectivity index (χ2v) is 9.69. The molecular formula is C27H36N4. The lowest BCUT2D eigenvalue weighted by molar-refractivity contribution is 0.325. The van der Waals surface area contributed by atoms with E-state index in [1.807, 2.05) is 12.3 Å². The Balaban J connectivity index is 1.24. The number of hydrogen-bond donors (Lipinski definition) is 0. The highest BCUT2D eigenvalue weighted by Crippen LogP contribution is 2.29. The molecule has 0 radical (unpaired) electrons. The van der Waals surface area contributed by atoms with E-state index in [2.05, 4.69) is 51.0 Å². The minimum absolute atomic E-state index is 0.725. The number of fused-ring (bicyclic) bond motifs is 1. The third-order valence-electron chi connectivity index (χ3n) is 7.50. The summed E-state index contributed by atoms with van der Waals surface area (Å²) in [5.41, 5.74) is 2.40. The molecule has 31 heavy (non-hydrogen) atoms. The lowest BCUT2D eigenvalue weighted by atomic mass is 9.87. The standard InChI is InChI=1S/C27H36N4/c1-2-7-22(8-3-1)13-19-31-20-15-24-11-12-26(29-27(24)31)30-17-6-9-23(14-18-30)21-25-10-4-5-16-28-25/h4-5,10-12,15-16,20,22-23H,1-3,6-9,13-14,17-19,21H2/t23-/m1/s1. The number of aryl methyl sites for hydroxylation is 1. The van der Waals surface area contributed by atoms with Gasteiger partial charge >= 0.3 is 0 Å². The van der Waals surface area contributed by atoms with Crippen LogP contribution >= 0.6 is 0 Å². The zero-order valence-electron chi connectivity index (χ0n) is 18.8. The Labute approximate surface area is 186 Å². The van der Waals surface area contributed by atoms with Crippen LogP contribution < -0.4 is 4.90 Å². The van der Waals surface area contributed by atoms with Gasteiger partial charge in [0.25, 0.3) is 0 Å². The Bertz CT molecular complexity index is 958. The first kappa shape index (κ1) is 20.5. The zero-order valence-corrected chi connectivity index (χ0v) is 18.8. The van der Waals surface area contributed by atoms with Gasteiger partial charge in [0.2, 0.25) is 0 Å². The fourth-order valence-electron chi connectivity index (χ4n) is 5.62. The van der Waals surface area contributed by atoms with Crippen LogP contribution in [0.3, 0.4) is 0 Å². The highest BCUT2D eigenvalue weighted by Gasteiger charge is 2.20. The van der Waals surface area contributed by atoms with E-state index in [-0.39, 0.29) is 0 Å². The van der Waals surface area contributed by atoms with Crippen molar-refractivity contribution in [2.24, 2.45) is 11.8 Å². The highest BCUT2D eigenvalue weighted by atomic mass is 15.2. The van der Waals surface area contributed by atoms with Crippen LogP contribution in [0.15, 0.2) is 48.8 Å². The Morgan fingerprint density at radius 3 is 2.61 bits per heavy atom. The first-order valence-electron chi connectivity index (χ1n) is 12.5. The van der Waals surface area contributed by atoms with Gasteiger partial charge in [0.05, 0.1) is 0 Å². The molecule has 3 aromatic rings. The zero-order chi connectivity index (χ0) is 20.9. The molecule has 4 nitrogen and oxygen atoms in total. The van der Waals surface area contributed by atoms with Crippen molar-refractivity contribution < 1.29 is 0 Å². The van der Waals surface area contributed by atoms with Crippen molar-refractivity contribution in [1.29, 1.82) is 0 Å². The van der Waals surface area contributed by atoms with Crippen molar-refractivity contribution in [2.75, 3.05) is 18.0 Å². The van der Waals surface area contributed by atoms with Gasteiger partial charge in [-0.3, -0.25) is 4.98 Å². The van der Waals surface area contributed by atoms with Crippen molar-refractivity contribution in [2.45, 2.75) is 70.8 Å². The molecule has 1 aliphatic carbocycles. The first-order chi connectivity index (χ1) is 15.3. The maximum Gasteiger partial charge on any atom is 0.142 e. The minimum atomic E-state index is 0.725. The molecule has 164 valence electrons. The average Bonchev–Trinajstić information content (AvgIpc) is 3.08. The maximum atomic E-state index is 5.15. The minimum Gasteiger partial charge on any atom is -0.357 e. The van der Waals surface area contributed by atoms with Gasteiger partial charge < -0.3 is 9.47 Å². The number of nitrogens with zero attached hydrogens (tertiary/aromatic N) is 4. The van der Waals surface area contributed by atoms with Crippen molar-refractivity contribution in [3.63, 3.8) is 0 Å². The number of aromatic nitrogens is 3. The second-order valence-electron chi connectivity index (χ2n) is 9.69. The summed E-state index contributed by atoms with van der Waals surface area (Å²) >= 11 is 0. The highest BCUT2D eigenvalue weighted by molar-refractivity contribution is 5.78. The summed E-state index contributed by atoms with van der Waals surface area (Å²) in [4.78, 5) is 12.2. The lowest BCUT2D eigenvalue weighted by Gasteiger charge is -2.23. The van der Waals surface area contributed by atoms with E-state index in [0.29, 0.717) is 0 Å². The molecular weight excluding hydrogens is 380 g/mol. The fraction of sp³-hybridized carbons (Fsp3) is 0.556. The molecule has 1 saturated heterocycles. The van der Waals surface area contributed by atoms with E-state index in [4.69, 9.17) is 4.98 Å². The van der Waals surface area contributed by atoms with Gasteiger partial charge in [-0.05, 0) is 74.3 Å². The Morgan fingerprint density at radius 2 is 1.74 bits per heavy atom. The molecule has 0 aromatic carbocycles. The van der Waals surface area contributed by atoms with Crippen molar-refractivity contribution >= 4 is 16.9 Å². The number of hydrogen-bond acceptors (Lipinski definition) is 3. The predicted octanol–water partition coefficient (Wildman–Crippen LogP) is 6.25. The predicted molar refractivity (Wildman–Crippen MR) is 128 cm³/mol. The molecule has 5 rings (SSSR count). The third kappa shape index (κ3) is 5.11. The van der Waals surface area contributed by atoms with Gasteiger partial charge in [-0.15, -0.1) is 0 Å². The molecule has 0 N–H and O–H groups in total. The number of anilines is 1. The van der Waals surface area contributed by atoms with Crippen LogP contribution in [-0.4, -0.2) is 27.6 Å². The molecule has 4 heterocycles. The van der Waals surface area contributed by atoms with Gasteiger partial charge in [-0.1, -0.05) is 38.2 Å². The second kappa shape index (κ2) is 9.84. The summed E-state index contributed by atoms with van der Waals surface area (Å²) in [7, 11) is 0. The molecule has 1 saturated carbocycles. The summed E-state index contributed by atoms with van der Waals surface area (Å²) in [6.07, 6.45) is 17.4. The third-order valence-corrected chi connectivity index (χ3v) is 7.50. The van der Waals surface area contributed by atoms with E-state index >= 15 is 0 Å². The van der Waals surface area contributed by atoms with E-state index in [1.54, 1.807) is 0 Å². The van der Waals surface area contributed by atoms with Crippen LogP contribution in [0.4, 0.5) is 5.82 Å². The molecule has 1 atom stereocenters. The molecule has 0 spiro atoms. The van der Waals surface area contributed by atoms with Crippen molar-refractivity contribution in [1.82, 2.24) is 14.5 Å². The molecule has 3 aromatic heterocycles. The molecule has 0 amide bonds. The number of rotatable bonds is 6. The first-order valence-corrected chi connectivity index (χ1v) is 12.5. The SMILES string of the molecule is c1ccc(C[C@@H]2CCCN(c3ccc4ccn(CCC5CCCCC5)c4n3)CC2)nc1. The quantitative estimate of drug-likeness (QED) is 0.476. The largest absolute Gasteiger partial charge is 0.357 e. The van der Waals surface area contributed by atoms with Crippen LogP contribution in [0.25, 0.3) is 11.0 Å². The average molecular weight is 417 g/mol. The van der Waals surface area contributed by atoms with Crippen molar-refractivity contribution in [3.8, 4) is 0 Å². The molecule has 2 fully saturated rings. The molecule has 0 bridgehead atoms. The molecule has 0 unspecified atom stereocenters. The summed E-state index contributed by atoms with van der Waals surface area (Å²) in [5, 5.41) is 1.27. The van der Waals surface area contributed by atoms with Crippen molar-refractivity contribution in [3.05, 3.63) is 54.5 Å². The van der Waals surface area contributed by atoms with Crippen LogP contribution in [0, 0.1) is 11.8 Å². The van der Waals surface area contributed by atoms with Crippen LogP contribution in [-0.2, 0) is 13.0 Å². The Kier molecular flexibility index (Phi) is 6.52.